The Morgan fingerprint density at radius 2 is 1.07 bits per heavy atom. The van der Waals surface area contributed by atoms with Gasteiger partial charge in [-0.2, -0.15) is 0 Å². The van der Waals surface area contributed by atoms with Crippen molar-refractivity contribution in [2.24, 2.45) is 0 Å². The van der Waals surface area contributed by atoms with E-state index in [-0.39, 0.29) is 44.0 Å². The first-order valence-corrected chi connectivity index (χ1v) is 26.7. The zero-order valence-electron chi connectivity index (χ0n) is 39.1. The number of alkyl halides is 1. The standard InChI is InChI=1S/C13H19N2O14P3.C13H16N2O5.C11H16N2O4.C3H3Br/c1-3-4-25-9-5-11(15-6-8(2)12(16)14-13(15)17)27-10(9)7-26-31(21,22)29-32(23,24)28-30(18,19)20;1-3-4-19-9-5-11(20-10(9)7-16)15-6-8(2)12(17)14-13(15)18;1-3-8-7(14)4-9(17-8)13-5-6(2)10(15)12-11(13)16;1-2-3-4/h1,6,9-11H,4-5,7H2,2H3,(H,21,22)(H,23,24)(H,14,16,17)(H2,18,19,20);1,6,9-11,16H,4-5,7H2,2H3,(H,14,17,18);5,7-9,14H,3-4H2,1-2H3,(H,12,15,16);1H,3H2/p-3/t2*9?,10-,11-;7?,8-,9-;/m111./s1. The van der Waals surface area contributed by atoms with Crippen molar-refractivity contribution in [3.05, 3.63) is 97.8 Å². The number of aliphatic hydroxyl groups excluding tert-OH is 2. The highest BCUT2D eigenvalue weighted by Gasteiger charge is 2.40. The lowest BCUT2D eigenvalue weighted by Crippen LogP contribution is -2.33. The highest BCUT2D eigenvalue weighted by atomic mass is 79.9. The minimum atomic E-state index is -6.06. The van der Waals surface area contributed by atoms with Gasteiger partial charge in [0.2, 0.25) is 0 Å². The van der Waals surface area contributed by atoms with Crippen LogP contribution in [0, 0.1) is 57.8 Å². The fraction of sp³-hybridized carbons (Fsp3) is 0.550. The summed E-state index contributed by atoms with van der Waals surface area (Å²) >= 11 is 3.01. The topological polar surface area (TPSA) is 420 Å². The summed E-state index contributed by atoms with van der Waals surface area (Å²) in [5.74, 6) is 6.87. The van der Waals surface area contributed by atoms with E-state index in [1.54, 1.807) is 13.8 Å². The first-order valence-electron chi connectivity index (χ1n) is 21.2. The Morgan fingerprint density at radius 1 is 0.685 bits per heavy atom. The van der Waals surface area contributed by atoms with Gasteiger partial charge in [-0.15, -0.1) is 19.3 Å². The Labute approximate surface area is 422 Å². The van der Waals surface area contributed by atoms with Gasteiger partial charge < -0.3 is 58.0 Å². The van der Waals surface area contributed by atoms with Gasteiger partial charge in [0.15, 0.2) is 0 Å². The predicted molar refractivity (Wildman–Crippen MR) is 250 cm³/mol. The lowest BCUT2D eigenvalue weighted by atomic mass is 10.1. The van der Waals surface area contributed by atoms with E-state index in [9.17, 15) is 67.4 Å². The Morgan fingerprint density at radius 3 is 1.42 bits per heavy atom. The van der Waals surface area contributed by atoms with Crippen LogP contribution in [0.4, 0.5) is 0 Å². The number of phosphoric ester groups is 1. The summed E-state index contributed by atoms with van der Waals surface area (Å²) in [7, 11) is -17.7. The van der Waals surface area contributed by atoms with Crippen LogP contribution >= 0.6 is 39.4 Å². The SMILES string of the molecule is C#CCBr.C#CCOC1C[C@H](n2cc(C)c(=O)[nH]c2=O)O[C@@H]1CO.C#CCOC1C[C@H](n2cc(C)c(=O)[nH]c2=O)O[C@@H]1COP(=O)([O-])OP(=O)([O-])OP(=O)([O-])O.CC[C@H]1O[C@@H](n2cc(C)c(=O)[nH]c2=O)CC1O. The minimum Gasteiger partial charge on any atom is -0.756 e. The molecular weight excluding hydrogens is 1110 g/mol. The monoisotopic (exact) mass is 1160 g/mol. The van der Waals surface area contributed by atoms with Crippen molar-refractivity contribution in [2.45, 2.75) is 109 Å². The summed E-state index contributed by atoms with van der Waals surface area (Å²) in [6, 6.07) is 0. The molecule has 0 spiro atoms. The zero-order chi connectivity index (χ0) is 55.0. The van der Waals surface area contributed by atoms with Gasteiger partial charge in [0, 0.05) is 54.5 Å². The maximum Gasteiger partial charge on any atom is 0.330 e. The molecule has 0 aromatic carbocycles. The number of hydrogen-bond acceptors (Lipinski definition) is 22. The van der Waals surface area contributed by atoms with Crippen LogP contribution in [0.3, 0.4) is 0 Å². The molecule has 6 rings (SSSR count). The maximum absolute atomic E-state index is 12.1. The normalized spacial score (nSPS) is 25.6. The maximum atomic E-state index is 12.1. The average Bonchev–Trinajstić information content (AvgIpc) is 4.03. The number of phosphoric acid groups is 3. The Bertz CT molecular complexity index is 3000. The van der Waals surface area contributed by atoms with E-state index in [0.29, 0.717) is 35.7 Å². The summed E-state index contributed by atoms with van der Waals surface area (Å²) in [5, 5.41) is 19.6. The first-order chi connectivity index (χ1) is 34.1. The number of aryl methyl sites for hydroxylation is 3. The molecule has 0 radical (unpaired) electrons. The van der Waals surface area contributed by atoms with Crippen LogP contribution in [-0.4, -0.2) is 112 Å². The van der Waals surface area contributed by atoms with Crippen LogP contribution in [0.25, 0.3) is 0 Å². The smallest absolute Gasteiger partial charge is 0.330 e. The number of halogens is 1. The Balaban J connectivity index is 0.000000294. The molecule has 0 bridgehead atoms. The lowest BCUT2D eigenvalue weighted by Gasteiger charge is -2.33. The number of H-pyrrole nitrogens is 3. The second-order valence-electron chi connectivity index (χ2n) is 15.5. The second kappa shape index (κ2) is 28.3. The molecule has 404 valence electrons. The quantitative estimate of drug-likeness (QED) is 0.0497. The Kier molecular flexibility index (Phi) is 24.3. The van der Waals surface area contributed by atoms with Crippen LogP contribution in [-0.2, 0) is 50.5 Å². The fourth-order valence-electron chi connectivity index (χ4n) is 6.82. The van der Waals surface area contributed by atoms with Gasteiger partial charge in [0.25, 0.3) is 40.1 Å². The molecule has 12 atom stereocenters. The van der Waals surface area contributed by atoms with E-state index < -0.39 is 107 Å². The largest absolute Gasteiger partial charge is 0.756 e. The molecule has 3 aliphatic heterocycles. The number of terminal acetylenes is 3. The summed E-state index contributed by atoms with van der Waals surface area (Å²) in [6.45, 7) is 5.30. The molecule has 29 nitrogen and oxygen atoms in total. The molecule has 3 fully saturated rings. The lowest BCUT2D eigenvalue weighted by molar-refractivity contribution is -0.250. The average molecular weight is 1160 g/mol. The molecule has 6 heterocycles. The van der Waals surface area contributed by atoms with Crippen molar-refractivity contribution in [1.82, 2.24) is 28.7 Å². The highest BCUT2D eigenvalue weighted by Crippen LogP contribution is 2.61. The third kappa shape index (κ3) is 19.2. The van der Waals surface area contributed by atoms with Crippen molar-refractivity contribution in [3.63, 3.8) is 0 Å². The summed E-state index contributed by atoms with van der Waals surface area (Å²) in [6.07, 6.45) is 14.4. The van der Waals surface area contributed by atoms with E-state index in [4.69, 9.17) is 47.8 Å². The molecule has 3 aromatic heterocycles. The van der Waals surface area contributed by atoms with Gasteiger partial charge in [-0.25, -0.2) is 23.0 Å². The minimum absolute atomic E-state index is 0.0435. The number of nitrogens with zero attached hydrogens (tertiary/aromatic N) is 3. The molecule has 0 saturated carbocycles. The summed E-state index contributed by atoms with van der Waals surface area (Å²) in [5.41, 5.74) is -2.30. The highest BCUT2D eigenvalue weighted by molar-refractivity contribution is 9.09. The summed E-state index contributed by atoms with van der Waals surface area (Å²) < 4.78 is 75.6. The fourth-order valence-corrected chi connectivity index (χ4v) is 9.72. The number of aromatic nitrogens is 6. The van der Waals surface area contributed by atoms with E-state index >= 15 is 0 Å². The number of hydrogen-bond donors (Lipinski definition) is 6. The molecule has 6 N–H and O–H groups in total. The van der Waals surface area contributed by atoms with Crippen LogP contribution < -0.4 is 48.4 Å². The van der Waals surface area contributed by atoms with Gasteiger partial charge in [-0.3, -0.25) is 56.7 Å². The molecule has 3 aromatic rings. The number of aromatic amines is 3. The van der Waals surface area contributed by atoms with Crippen LogP contribution in [0.1, 0.15) is 68.0 Å². The number of ether oxygens (including phenoxy) is 5. The first kappa shape index (κ1) is 62.6. The molecule has 73 heavy (non-hydrogen) atoms. The molecular formula is C40H51BrN6O23P3-3. The van der Waals surface area contributed by atoms with Crippen molar-refractivity contribution < 1.29 is 80.3 Å². The van der Waals surface area contributed by atoms with Gasteiger partial charge in [0.05, 0.1) is 43.0 Å². The van der Waals surface area contributed by atoms with Crippen molar-refractivity contribution in [2.75, 3.05) is 31.8 Å². The van der Waals surface area contributed by atoms with E-state index in [2.05, 4.69) is 61.8 Å². The third-order valence-corrected chi connectivity index (χ3v) is 14.2. The van der Waals surface area contributed by atoms with Crippen molar-refractivity contribution in [1.29, 1.82) is 0 Å². The molecule has 3 aliphatic rings. The molecule has 6 unspecified atom stereocenters. The molecule has 3 saturated heterocycles. The molecule has 0 aliphatic carbocycles. The van der Waals surface area contributed by atoms with Crippen molar-refractivity contribution in [3.8, 4) is 37.0 Å². The third-order valence-electron chi connectivity index (χ3n) is 10.2. The number of nitrogens with one attached hydrogen (secondary N) is 3. The van der Waals surface area contributed by atoms with E-state index in [1.807, 2.05) is 6.92 Å². The van der Waals surface area contributed by atoms with Gasteiger partial charge in [-0.05, 0) is 27.2 Å². The van der Waals surface area contributed by atoms with Gasteiger partial charge >= 0.3 is 17.1 Å². The van der Waals surface area contributed by atoms with Gasteiger partial charge in [-0.1, -0.05) is 40.6 Å². The van der Waals surface area contributed by atoms with E-state index in [0.717, 1.165) is 4.57 Å². The molecule has 0 amide bonds. The second-order valence-corrected chi connectivity index (χ2v) is 20.3. The number of rotatable bonds is 16. The predicted octanol–water partition coefficient (Wildman–Crippen LogP) is -2.34. The number of aliphatic hydroxyl groups is 2. The van der Waals surface area contributed by atoms with Gasteiger partial charge in [0.1, 0.15) is 44.1 Å². The zero-order valence-corrected chi connectivity index (χ0v) is 43.4. The van der Waals surface area contributed by atoms with Crippen LogP contribution in [0.15, 0.2) is 47.4 Å². The Hall–Kier alpha value is -4.67. The van der Waals surface area contributed by atoms with Crippen molar-refractivity contribution >= 4 is 39.4 Å². The molecule has 33 heteroatoms. The van der Waals surface area contributed by atoms with Crippen LogP contribution in [0.2, 0.25) is 0 Å². The van der Waals surface area contributed by atoms with E-state index in [1.165, 1.54) is 34.6 Å². The summed E-state index contributed by atoms with van der Waals surface area (Å²) in [4.78, 5) is 118. The van der Waals surface area contributed by atoms with Crippen LogP contribution in [0.5, 0.6) is 0 Å².